The number of para-hydroxylation sites is 1. The van der Waals surface area contributed by atoms with Crippen LogP contribution in [0, 0.1) is 11.6 Å². The molecule has 0 aromatic heterocycles. The number of hydrogen-bond donors (Lipinski definition) is 1. The quantitative estimate of drug-likeness (QED) is 0.805. The third kappa shape index (κ3) is 4.21. The molecule has 1 amide bonds. The van der Waals surface area contributed by atoms with Gasteiger partial charge in [0.25, 0.3) is 5.91 Å². The highest BCUT2D eigenvalue weighted by atomic mass is 35.5. The predicted molar refractivity (Wildman–Crippen MR) is 86.3 cm³/mol. The van der Waals surface area contributed by atoms with Crippen LogP contribution in [0.25, 0.3) is 0 Å². The van der Waals surface area contributed by atoms with E-state index in [-0.39, 0.29) is 10.6 Å². The lowest BCUT2D eigenvalue weighted by Gasteiger charge is -2.14. The van der Waals surface area contributed by atoms with Crippen molar-refractivity contribution in [3.8, 4) is 0 Å². The summed E-state index contributed by atoms with van der Waals surface area (Å²) in [5, 5.41) is 2.43. The topological polar surface area (TPSA) is 55.4 Å². The first-order valence-corrected chi connectivity index (χ1v) is 7.46. The molecule has 8 heteroatoms. The smallest absolute Gasteiger partial charge is 0.340 e. The van der Waals surface area contributed by atoms with Gasteiger partial charge in [0.1, 0.15) is 17.3 Å². The van der Waals surface area contributed by atoms with Gasteiger partial charge in [-0.05, 0) is 37.3 Å². The van der Waals surface area contributed by atoms with E-state index in [1.54, 1.807) is 0 Å². The lowest BCUT2D eigenvalue weighted by atomic mass is 10.2. The molecule has 0 saturated heterocycles. The number of carbonyl (C=O) groups is 2. The summed E-state index contributed by atoms with van der Waals surface area (Å²) in [5.41, 5.74) is -0.604. The Morgan fingerprint density at radius 2 is 1.75 bits per heavy atom. The van der Waals surface area contributed by atoms with Crippen LogP contribution >= 0.6 is 23.2 Å². The van der Waals surface area contributed by atoms with Gasteiger partial charge in [0.2, 0.25) is 0 Å². The first-order chi connectivity index (χ1) is 11.3. The summed E-state index contributed by atoms with van der Waals surface area (Å²) >= 11 is 11.6. The molecule has 1 N–H and O–H groups in total. The fourth-order valence-electron chi connectivity index (χ4n) is 1.77. The molecule has 0 radical (unpaired) electrons. The second kappa shape index (κ2) is 7.59. The SMILES string of the molecule is CC(OC(=O)c1ccc(Cl)cc1Cl)C(=O)Nc1c(F)cccc1F. The summed E-state index contributed by atoms with van der Waals surface area (Å²) in [6, 6.07) is 7.26. The van der Waals surface area contributed by atoms with Crippen molar-refractivity contribution >= 4 is 40.8 Å². The van der Waals surface area contributed by atoms with Gasteiger partial charge in [-0.3, -0.25) is 4.79 Å². The molecule has 0 saturated carbocycles. The van der Waals surface area contributed by atoms with Crippen molar-refractivity contribution < 1.29 is 23.1 Å². The van der Waals surface area contributed by atoms with Crippen LogP contribution in [0.4, 0.5) is 14.5 Å². The molecule has 0 spiro atoms. The molecule has 24 heavy (non-hydrogen) atoms. The monoisotopic (exact) mass is 373 g/mol. The number of anilines is 1. The zero-order valence-corrected chi connectivity index (χ0v) is 13.8. The zero-order chi connectivity index (χ0) is 17.9. The maximum Gasteiger partial charge on any atom is 0.340 e. The van der Waals surface area contributed by atoms with Gasteiger partial charge in [0.15, 0.2) is 6.10 Å². The molecule has 1 unspecified atom stereocenters. The standard InChI is InChI=1S/C16H11Cl2F2NO3/c1-8(15(22)21-14-12(19)3-2-4-13(14)20)24-16(23)10-6-5-9(17)7-11(10)18/h2-8H,1H3,(H,21,22). The van der Waals surface area contributed by atoms with Crippen LogP contribution in [-0.4, -0.2) is 18.0 Å². The van der Waals surface area contributed by atoms with E-state index in [1.807, 2.05) is 5.32 Å². The van der Waals surface area contributed by atoms with Gasteiger partial charge >= 0.3 is 5.97 Å². The van der Waals surface area contributed by atoms with Crippen molar-refractivity contribution in [3.63, 3.8) is 0 Å². The molecule has 126 valence electrons. The van der Waals surface area contributed by atoms with E-state index in [9.17, 15) is 18.4 Å². The molecule has 0 bridgehead atoms. The van der Waals surface area contributed by atoms with Crippen molar-refractivity contribution in [1.82, 2.24) is 0 Å². The molecule has 2 rings (SSSR count). The molecular weight excluding hydrogens is 363 g/mol. The molecule has 2 aromatic carbocycles. The molecule has 0 aliphatic heterocycles. The molecule has 4 nitrogen and oxygen atoms in total. The number of nitrogens with one attached hydrogen (secondary N) is 1. The summed E-state index contributed by atoms with van der Waals surface area (Å²) < 4.78 is 31.9. The van der Waals surface area contributed by atoms with Crippen LogP contribution in [-0.2, 0) is 9.53 Å². The Morgan fingerprint density at radius 3 is 2.33 bits per heavy atom. The highest BCUT2D eigenvalue weighted by molar-refractivity contribution is 6.36. The number of amides is 1. The van der Waals surface area contributed by atoms with Gasteiger partial charge in [-0.2, -0.15) is 0 Å². The molecule has 0 fully saturated rings. The number of carbonyl (C=O) groups excluding carboxylic acids is 2. The number of benzene rings is 2. The molecule has 1 atom stereocenters. The highest BCUT2D eigenvalue weighted by Gasteiger charge is 2.22. The maximum absolute atomic E-state index is 13.5. The average molecular weight is 374 g/mol. The third-order valence-electron chi connectivity index (χ3n) is 3.02. The third-order valence-corrected chi connectivity index (χ3v) is 3.56. The maximum atomic E-state index is 13.5. The number of ether oxygens (including phenoxy) is 1. The Morgan fingerprint density at radius 1 is 1.12 bits per heavy atom. The van der Waals surface area contributed by atoms with Gasteiger partial charge in [-0.15, -0.1) is 0 Å². The molecule has 0 heterocycles. The van der Waals surface area contributed by atoms with E-state index in [4.69, 9.17) is 27.9 Å². The van der Waals surface area contributed by atoms with E-state index in [1.165, 1.54) is 25.1 Å². The minimum atomic E-state index is -1.30. The van der Waals surface area contributed by atoms with Crippen LogP contribution in [0.5, 0.6) is 0 Å². The van der Waals surface area contributed by atoms with Crippen LogP contribution < -0.4 is 5.32 Å². The normalized spacial score (nSPS) is 11.7. The van der Waals surface area contributed by atoms with Crippen molar-refractivity contribution in [1.29, 1.82) is 0 Å². The number of halogens is 4. The van der Waals surface area contributed by atoms with E-state index in [0.29, 0.717) is 5.02 Å². The Labute approximate surface area is 146 Å². The van der Waals surface area contributed by atoms with Gasteiger partial charge in [0, 0.05) is 5.02 Å². The largest absolute Gasteiger partial charge is 0.449 e. The Balaban J connectivity index is 2.07. The summed E-state index contributed by atoms with van der Waals surface area (Å²) in [5.74, 6) is -3.64. The van der Waals surface area contributed by atoms with Crippen molar-refractivity contribution in [2.45, 2.75) is 13.0 Å². The second-order valence-electron chi connectivity index (χ2n) is 4.76. The summed E-state index contributed by atoms with van der Waals surface area (Å²) in [6.45, 7) is 1.26. The minimum absolute atomic E-state index is 0.0118. The van der Waals surface area contributed by atoms with Crippen molar-refractivity contribution in [2.75, 3.05) is 5.32 Å². The lowest BCUT2D eigenvalue weighted by Crippen LogP contribution is -2.30. The number of rotatable bonds is 4. The van der Waals surface area contributed by atoms with E-state index < -0.39 is 35.3 Å². The fraction of sp³-hybridized carbons (Fsp3) is 0.125. The lowest BCUT2D eigenvalue weighted by molar-refractivity contribution is -0.123. The van der Waals surface area contributed by atoms with E-state index in [0.717, 1.165) is 18.2 Å². The van der Waals surface area contributed by atoms with Crippen LogP contribution in [0.1, 0.15) is 17.3 Å². The second-order valence-corrected chi connectivity index (χ2v) is 5.60. The zero-order valence-electron chi connectivity index (χ0n) is 12.3. The van der Waals surface area contributed by atoms with Crippen LogP contribution in [0.2, 0.25) is 10.0 Å². The van der Waals surface area contributed by atoms with Gasteiger partial charge < -0.3 is 10.1 Å². The Hall–Kier alpha value is -2.18. The minimum Gasteiger partial charge on any atom is -0.449 e. The Kier molecular flexibility index (Phi) is 5.75. The summed E-state index contributed by atoms with van der Waals surface area (Å²) in [6.07, 6.45) is -1.30. The molecular formula is C16H11Cl2F2NO3. The van der Waals surface area contributed by atoms with Crippen LogP contribution in [0.15, 0.2) is 36.4 Å². The highest BCUT2D eigenvalue weighted by Crippen LogP contribution is 2.22. The first kappa shape index (κ1) is 18.2. The molecule has 0 aliphatic carbocycles. The van der Waals surface area contributed by atoms with Crippen molar-refractivity contribution in [2.24, 2.45) is 0 Å². The van der Waals surface area contributed by atoms with Gasteiger partial charge in [0.05, 0.1) is 10.6 Å². The Bertz CT molecular complexity index is 779. The predicted octanol–water partition coefficient (Wildman–Crippen LogP) is 4.46. The fourth-order valence-corrected chi connectivity index (χ4v) is 2.26. The van der Waals surface area contributed by atoms with E-state index in [2.05, 4.69) is 0 Å². The summed E-state index contributed by atoms with van der Waals surface area (Å²) in [7, 11) is 0. The molecule has 0 aliphatic rings. The van der Waals surface area contributed by atoms with Crippen molar-refractivity contribution in [3.05, 3.63) is 63.6 Å². The average Bonchev–Trinajstić information content (AvgIpc) is 2.50. The van der Waals surface area contributed by atoms with Gasteiger partial charge in [-0.1, -0.05) is 29.3 Å². The van der Waals surface area contributed by atoms with E-state index >= 15 is 0 Å². The van der Waals surface area contributed by atoms with Gasteiger partial charge in [-0.25, -0.2) is 13.6 Å². The molecule has 2 aromatic rings. The summed E-state index contributed by atoms with van der Waals surface area (Å²) in [4.78, 5) is 23.9. The number of esters is 1. The van der Waals surface area contributed by atoms with Crippen LogP contribution in [0.3, 0.4) is 0 Å². The first-order valence-electron chi connectivity index (χ1n) is 6.70. The number of hydrogen-bond acceptors (Lipinski definition) is 3.